The molecule has 25 heavy (non-hydrogen) atoms. The second-order valence-corrected chi connectivity index (χ2v) is 6.74. The summed E-state index contributed by atoms with van der Waals surface area (Å²) in [7, 11) is 0. The van der Waals surface area contributed by atoms with Crippen LogP contribution in [0.2, 0.25) is 0 Å². The summed E-state index contributed by atoms with van der Waals surface area (Å²) in [6.45, 7) is 6.12. The molecular formula is C19H24N4O2. The monoisotopic (exact) mass is 340 g/mol. The molecule has 0 aliphatic carbocycles. The molecule has 6 nitrogen and oxygen atoms in total. The number of carbonyl (C=O) groups is 1. The molecule has 0 saturated carbocycles. The van der Waals surface area contributed by atoms with E-state index in [1.165, 1.54) is 17.2 Å². The third kappa shape index (κ3) is 4.26. The van der Waals surface area contributed by atoms with Crippen LogP contribution in [0.4, 0.5) is 5.69 Å². The Morgan fingerprint density at radius 3 is 3.00 bits per heavy atom. The van der Waals surface area contributed by atoms with Crippen molar-refractivity contribution in [2.24, 2.45) is 5.92 Å². The summed E-state index contributed by atoms with van der Waals surface area (Å²) in [5.41, 5.74) is 4.08. The molecule has 0 radical (unpaired) electrons. The summed E-state index contributed by atoms with van der Waals surface area (Å²) >= 11 is 0. The normalized spacial score (nSPS) is 17.4. The largest absolute Gasteiger partial charge is 0.369 e. The standard InChI is InChI=1S/C19H24N4O2/c1-13-5-6-14(2)16(8-13)10-20-19(25)15-4-3-7-23(12-15)17-9-18(24)22-21-11-17/h5-6,8-9,11,15H,3-4,7,10,12H2,1-2H3,(H,20,25)(H,22,24). The predicted octanol–water partition coefficient (Wildman–Crippen LogP) is 1.92. The number of aromatic nitrogens is 2. The lowest BCUT2D eigenvalue weighted by Crippen LogP contribution is -2.43. The number of carbonyl (C=O) groups excluding carboxylic acids is 1. The first-order valence-corrected chi connectivity index (χ1v) is 8.66. The zero-order valence-corrected chi connectivity index (χ0v) is 14.7. The van der Waals surface area contributed by atoms with Gasteiger partial charge in [-0.15, -0.1) is 0 Å². The van der Waals surface area contributed by atoms with Crippen molar-refractivity contribution in [1.82, 2.24) is 15.5 Å². The highest BCUT2D eigenvalue weighted by Crippen LogP contribution is 2.22. The number of amides is 1. The highest BCUT2D eigenvalue weighted by molar-refractivity contribution is 5.79. The minimum atomic E-state index is -0.223. The van der Waals surface area contributed by atoms with Gasteiger partial charge in [-0.2, -0.15) is 5.10 Å². The third-order valence-corrected chi connectivity index (χ3v) is 4.77. The number of aromatic amines is 1. The predicted molar refractivity (Wildman–Crippen MR) is 97.6 cm³/mol. The van der Waals surface area contributed by atoms with Crippen LogP contribution in [-0.4, -0.2) is 29.2 Å². The van der Waals surface area contributed by atoms with E-state index in [-0.39, 0.29) is 17.4 Å². The molecule has 1 aliphatic heterocycles. The van der Waals surface area contributed by atoms with Crippen LogP contribution in [0.3, 0.4) is 0 Å². The molecule has 2 N–H and O–H groups in total. The van der Waals surface area contributed by atoms with Crippen LogP contribution < -0.4 is 15.8 Å². The van der Waals surface area contributed by atoms with Gasteiger partial charge in [0, 0.05) is 25.7 Å². The van der Waals surface area contributed by atoms with E-state index in [0.717, 1.165) is 30.6 Å². The van der Waals surface area contributed by atoms with Crippen LogP contribution in [-0.2, 0) is 11.3 Å². The molecule has 1 fully saturated rings. The molecule has 1 aromatic carbocycles. The third-order valence-electron chi connectivity index (χ3n) is 4.77. The van der Waals surface area contributed by atoms with Crippen molar-refractivity contribution in [3.05, 3.63) is 57.5 Å². The fourth-order valence-electron chi connectivity index (χ4n) is 3.28. The van der Waals surface area contributed by atoms with E-state index in [4.69, 9.17) is 0 Å². The van der Waals surface area contributed by atoms with Crippen molar-refractivity contribution >= 4 is 11.6 Å². The Kier molecular flexibility index (Phi) is 5.16. The van der Waals surface area contributed by atoms with E-state index in [0.29, 0.717) is 13.1 Å². The number of nitrogens with one attached hydrogen (secondary N) is 2. The zero-order chi connectivity index (χ0) is 17.8. The molecule has 1 amide bonds. The Morgan fingerprint density at radius 2 is 2.20 bits per heavy atom. The minimum Gasteiger partial charge on any atom is -0.369 e. The first-order valence-electron chi connectivity index (χ1n) is 8.66. The van der Waals surface area contributed by atoms with Crippen LogP contribution in [0.5, 0.6) is 0 Å². The van der Waals surface area contributed by atoms with Gasteiger partial charge in [-0.25, -0.2) is 5.10 Å². The average Bonchev–Trinajstić information content (AvgIpc) is 2.62. The van der Waals surface area contributed by atoms with Gasteiger partial charge in [-0.3, -0.25) is 9.59 Å². The molecule has 1 saturated heterocycles. The van der Waals surface area contributed by atoms with E-state index >= 15 is 0 Å². The van der Waals surface area contributed by atoms with Gasteiger partial charge in [0.1, 0.15) is 0 Å². The molecule has 3 rings (SSSR count). The van der Waals surface area contributed by atoms with Gasteiger partial charge in [0.25, 0.3) is 5.56 Å². The maximum absolute atomic E-state index is 12.6. The summed E-state index contributed by atoms with van der Waals surface area (Å²) in [6.07, 6.45) is 3.43. The lowest BCUT2D eigenvalue weighted by atomic mass is 9.96. The summed E-state index contributed by atoms with van der Waals surface area (Å²) in [4.78, 5) is 26.1. The zero-order valence-electron chi connectivity index (χ0n) is 14.7. The van der Waals surface area contributed by atoms with Gasteiger partial charge in [0.15, 0.2) is 0 Å². The van der Waals surface area contributed by atoms with Crippen molar-refractivity contribution in [3.8, 4) is 0 Å². The van der Waals surface area contributed by atoms with E-state index in [1.54, 1.807) is 6.20 Å². The summed E-state index contributed by atoms with van der Waals surface area (Å²) < 4.78 is 0. The maximum atomic E-state index is 12.6. The van der Waals surface area contributed by atoms with Gasteiger partial charge in [-0.1, -0.05) is 23.8 Å². The maximum Gasteiger partial charge on any atom is 0.266 e. The van der Waals surface area contributed by atoms with E-state index in [1.807, 2.05) is 0 Å². The molecule has 0 bridgehead atoms. The molecular weight excluding hydrogens is 316 g/mol. The van der Waals surface area contributed by atoms with Crippen molar-refractivity contribution in [2.75, 3.05) is 18.0 Å². The number of piperidine rings is 1. The Hall–Kier alpha value is -2.63. The SMILES string of the molecule is Cc1ccc(C)c(CNC(=O)C2CCCN(c3cn[nH]c(=O)c3)C2)c1. The topological polar surface area (TPSA) is 78.1 Å². The number of rotatable bonds is 4. The molecule has 0 spiro atoms. The van der Waals surface area contributed by atoms with Gasteiger partial charge >= 0.3 is 0 Å². The average molecular weight is 340 g/mol. The first-order chi connectivity index (χ1) is 12.0. The molecule has 132 valence electrons. The van der Waals surface area contributed by atoms with Crippen molar-refractivity contribution < 1.29 is 4.79 Å². The molecule has 6 heteroatoms. The molecule has 2 aromatic rings. The van der Waals surface area contributed by atoms with E-state index < -0.39 is 0 Å². The lowest BCUT2D eigenvalue weighted by Gasteiger charge is -2.33. The summed E-state index contributed by atoms with van der Waals surface area (Å²) in [5.74, 6) is 0.00144. The molecule has 1 aliphatic rings. The summed E-state index contributed by atoms with van der Waals surface area (Å²) in [6, 6.07) is 7.81. The van der Waals surface area contributed by atoms with Crippen LogP contribution >= 0.6 is 0 Å². The van der Waals surface area contributed by atoms with Crippen LogP contribution in [0.15, 0.2) is 35.3 Å². The smallest absolute Gasteiger partial charge is 0.266 e. The number of hydrogen-bond acceptors (Lipinski definition) is 4. The van der Waals surface area contributed by atoms with E-state index in [2.05, 4.69) is 52.5 Å². The molecule has 2 heterocycles. The van der Waals surface area contributed by atoms with Crippen LogP contribution in [0.1, 0.15) is 29.5 Å². The highest BCUT2D eigenvalue weighted by Gasteiger charge is 2.26. The lowest BCUT2D eigenvalue weighted by molar-refractivity contribution is -0.125. The fraction of sp³-hybridized carbons (Fsp3) is 0.421. The first kappa shape index (κ1) is 17.2. The van der Waals surface area contributed by atoms with Gasteiger partial charge < -0.3 is 10.2 Å². The van der Waals surface area contributed by atoms with Crippen LogP contribution in [0, 0.1) is 19.8 Å². The molecule has 1 atom stereocenters. The quantitative estimate of drug-likeness (QED) is 0.891. The Bertz CT molecular complexity index is 815. The number of benzene rings is 1. The van der Waals surface area contributed by atoms with E-state index in [9.17, 15) is 9.59 Å². The fourth-order valence-corrected chi connectivity index (χ4v) is 3.28. The number of H-pyrrole nitrogens is 1. The number of hydrogen-bond donors (Lipinski definition) is 2. The highest BCUT2D eigenvalue weighted by atomic mass is 16.2. The van der Waals surface area contributed by atoms with Crippen molar-refractivity contribution in [1.29, 1.82) is 0 Å². The second kappa shape index (κ2) is 7.51. The number of nitrogens with zero attached hydrogens (tertiary/aromatic N) is 2. The van der Waals surface area contributed by atoms with Gasteiger partial charge in [-0.05, 0) is 37.8 Å². The van der Waals surface area contributed by atoms with Crippen LogP contribution in [0.25, 0.3) is 0 Å². The van der Waals surface area contributed by atoms with Crippen molar-refractivity contribution in [3.63, 3.8) is 0 Å². The van der Waals surface area contributed by atoms with Gasteiger partial charge in [0.05, 0.1) is 17.8 Å². The molecule has 1 aromatic heterocycles. The minimum absolute atomic E-state index is 0.0712. The molecule has 1 unspecified atom stereocenters. The Balaban J connectivity index is 1.62. The van der Waals surface area contributed by atoms with Crippen molar-refractivity contribution in [2.45, 2.75) is 33.2 Å². The number of anilines is 1. The Labute approximate surface area is 147 Å². The summed E-state index contributed by atoms with van der Waals surface area (Å²) in [5, 5.41) is 9.30. The van der Waals surface area contributed by atoms with Gasteiger partial charge in [0.2, 0.25) is 5.91 Å². The number of aryl methyl sites for hydroxylation is 2. The second-order valence-electron chi connectivity index (χ2n) is 6.74. The Morgan fingerprint density at radius 1 is 1.36 bits per heavy atom.